The lowest BCUT2D eigenvalue weighted by Crippen LogP contribution is -2.29. The molecule has 1 aromatic carbocycles. The second kappa shape index (κ2) is 5.53. The summed E-state index contributed by atoms with van der Waals surface area (Å²) >= 11 is 5.90. The normalized spacial score (nSPS) is 10.0. The quantitative estimate of drug-likeness (QED) is 0.832. The van der Waals surface area contributed by atoms with Crippen LogP contribution in [0.5, 0.6) is 0 Å². The molecule has 0 unspecified atom stereocenters. The van der Waals surface area contributed by atoms with Crippen LogP contribution in [0, 0.1) is 0 Å². The van der Waals surface area contributed by atoms with Crippen LogP contribution in [0.4, 0.5) is 16.3 Å². The molecular weight excluding hydrogens is 268 g/mol. The Morgan fingerprint density at radius 3 is 2.74 bits per heavy atom. The lowest BCUT2D eigenvalue weighted by atomic mass is 10.1. The molecule has 0 spiro atoms. The molecule has 0 bridgehead atoms. The van der Waals surface area contributed by atoms with Crippen LogP contribution in [0.25, 0.3) is 11.4 Å². The van der Waals surface area contributed by atoms with Gasteiger partial charge in [-0.15, -0.1) is 0 Å². The molecule has 6 nitrogen and oxygen atoms in total. The number of anilines is 2. The van der Waals surface area contributed by atoms with Crippen LogP contribution < -0.4 is 15.7 Å². The third-order valence-electron chi connectivity index (χ3n) is 2.36. The largest absolute Gasteiger partial charge is 0.530 e. The van der Waals surface area contributed by atoms with Crippen molar-refractivity contribution in [2.24, 2.45) is 0 Å². The number of rotatable bonds is 3. The van der Waals surface area contributed by atoms with Crippen LogP contribution in [0.1, 0.15) is 0 Å². The lowest BCUT2D eigenvalue weighted by molar-refractivity contribution is -0.242. The van der Waals surface area contributed by atoms with E-state index >= 15 is 0 Å². The molecule has 2 N–H and O–H groups in total. The van der Waals surface area contributed by atoms with Gasteiger partial charge >= 0.3 is 0 Å². The van der Waals surface area contributed by atoms with E-state index in [0.717, 1.165) is 0 Å². The van der Waals surface area contributed by atoms with Crippen LogP contribution in [0.2, 0.25) is 5.15 Å². The standard InChI is InChI=1S/C12H11ClN4O2/c1-14-10-6-9(13)16-11(17-10)7-4-2-3-5-8(7)15-12(18)19/h2-6,15H,1H3,(H,18,19)(H,14,16,17)/p-1. The van der Waals surface area contributed by atoms with Gasteiger partial charge in [0.15, 0.2) is 5.82 Å². The van der Waals surface area contributed by atoms with E-state index in [9.17, 15) is 9.90 Å². The first kappa shape index (κ1) is 13.1. The molecule has 1 heterocycles. The Labute approximate surface area is 114 Å². The summed E-state index contributed by atoms with van der Waals surface area (Å²) in [5.41, 5.74) is 0.859. The first-order chi connectivity index (χ1) is 9.10. The second-order valence-corrected chi connectivity index (χ2v) is 3.99. The number of amides is 1. The highest BCUT2D eigenvalue weighted by Crippen LogP contribution is 2.27. The molecule has 2 rings (SSSR count). The molecule has 0 fully saturated rings. The van der Waals surface area contributed by atoms with Crippen molar-refractivity contribution >= 4 is 29.2 Å². The number of nitrogens with zero attached hydrogens (tertiary/aromatic N) is 2. The summed E-state index contributed by atoms with van der Waals surface area (Å²) in [5, 5.41) is 15.9. The van der Waals surface area contributed by atoms with Gasteiger partial charge in [0.25, 0.3) is 0 Å². The molecule has 0 aliphatic heterocycles. The van der Waals surface area contributed by atoms with E-state index < -0.39 is 6.09 Å². The zero-order valence-electron chi connectivity index (χ0n) is 9.98. The van der Waals surface area contributed by atoms with Crippen LogP contribution >= 0.6 is 11.6 Å². The summed E-state index contributed by atoms with van der Waals surface area (Å²) < 4.78 is 0. The van der Waals surface area contributed by atoms with Gasteiger partial charge in [-0.2, -0.15) is 0 Å². The third kappa shape index (κ3) is 3.11. The van der Waals surface area contributed by atoms with E-state index in [4.69, 9.17) is 11.6 Å². The number of hydrogen-bond donors (Lipinski definition) is 2. The fraction of sp³-hybridized carbons (Fsp3) is 0.0833. The Balaban J connectivity index is 2.52. The lowest BCUT2D eigenvalue weighted by Gasteiger charge is -2.12. The van der Waals surface area contributed by atoms with Gasteiger partial charge in [-0.05, 0) is 12.1 Å². The summed E-state index contributed by atoms with van der Waals surface area (Å²) in [5.74, 6) is 0.861. The van der Waals surface area contributed by atoms with E-state index in [0.29, 0.717) is 22.9 Å². The van der Waals surface area contributed by atoms with Crippen molar-refractivity contribution in [3.63, 3.8) is 0 Å². The Hall–Kier alpha value is -2.34. The van der Waals surface area contributed by atoms with Crippen LogP contribution in [-0.4, -0.2) is 23.1 Å². The first-order valence-corrected chi connectivity index (χ1v) is 5.77. The maximum absolute atomic E-state index is 10.6. The smallest absolute Gasteiger partial charge is 0.165 e. The molecule has 19 heavy (non-hydrogen) atoms. The number of halogens is 1. The van der Waals surface area contributed by atoms with Crippen molar-refractivity contribution in [3.05, 3.63) is 35.5 Å². The molecule has 0 atom stereocenters. The number of nitrogens with one attached hydrogen (secondary N) is 2. The maximum Gasteiger partial charge on any atom is 0.165 e. The summed E-state index contributed by atoms with van der Waals surface area (Å²) in [6.07, 6.45) is -1.40. The van der Waals surface area contributed by atoms with E-state index in [-0.39, 0.29) is 5.15 Å². The molecule has 0 saturated carbocycles. The molecule has 0 aliphatic rings. The van der Waals surface area contributed by atoms with E-state index in [1.807, 2.05) is 0 Å². The van der Waals surface area contributed by atoms with Crippen LogP contribution in [0.3, 0.4) is 0 Å². The average molecular weight is 278 g/mol. The zero-order chi connectivity index (χ0) is 13.8. The number of hydrogen-bond acceptors (Lipinski definition) is 5. The average Bonchev–Trinajstić information content (AvgIpc) is 2.38. The minimum Gasteiger partial charge on any atom is -0.530 e. The number of aromatic nitrogens is 2. The molecule has 7 heteroatoms. The molecule has 1 amide bonds. The van der Waals surface area contributed by atoms with Crippen LogP contribution in [0.15, 0.2) is 30.3 Å². The van der Waals surface area contributed by atoms with Crippen LogP contribution in [-0.2, 0) is 0 Å². The first-order valence-electron chi connectivity index (χ1n) is 5.40. The van der Waals surface area contributed by atoms with Gasteiger partial charge in [0.2, 0.25) is 0 Å². The van der Waals surface area contributed by atoms with E-state index in [1.165, 1.54) is 0 Å². The molecular formula is C12H10ClN4O2-. The highest BCUT2D eigenvalue weighted by atomic mass is 35.5. The second-order valence-electron chi connectivity index (χ2n) is 3.61. The van der Waals surface area contributed by atoms with Crippen molar-refractivity contribution in [1.29, 1.82) is 0 Å². The number of carbonyl (C=O) groups is 1. The molecule has 0 saturated heterocycles. The highest BCUT2D eigenvalue weighted by molar-refractivity contribution is 6.29. The summed E-state index contributed by atoms with van der Waals surface area (Å²) in [7, 11) is 1.70. The minimum atomic E-state index is -1.40. The fourth-order valence-electron chi connectivity index (χ4n) is 1.56. The van der Waals surface area contributed by atoms with Gasteiger partial charge in [0.05, 0.1) is 5.69 Å². The van der Waals surface area contributed by atoms with Gasteiger partial charge in [0.1, 0.15) is 17.1 Å². The third-order valence-corrected chi connectivity index (χ3v) is 2.55. The summed E-state index contributed by atoms with van der Waals surface area (Å²) in [6.45, 7) is 0. The minimum absolute atomic E-state index is 0.262. The molecule has 0 radical (unpaired) electrons. The number of carbonyl (C=O) groups excluding carboxylic acids is 1. The molecule has 0 aliphatic carbocycles. The Morgan fingerprint density at radius 1 is 1.32 bits per heavy atom. The van der Waals surface area contributed by atoms with Crippen molar-refractivity contribution in [2.75, 3.05) is 17.7 Å². The summed E-state index contributed by atoms with van der Waals surface area (Å²) in [4.78, 5) is 19.0. The topological polar surface area (TPSA) is 90.0 Å². The van der Waals surface area contributed by atoms with Gasteiger partial charge in [-0.1, -0.05) is 23.7 Å². The van der Waals surface area contributed by atoms with E-state index in [1.54, 1.807) is 37.4 Å². The van der Waals surface area contributed by atoms with Crippen molar-refractivity contribution in [3.8, 4) is 11.4 Å². The highest BCUT2D eigenvalue weighted by Gasteiger charge is 2.09. The van der Waals surface area contributed by atoms with Crippen molar-refractivity contribution in [2.45, 2.75) is 0 Å². The van der Waals surface area contributed by atoms with Gasteiger partial charge in [0, 0.05) is 18.7 Å². The number of para-hydroxylation sites is 1. The zero-order valence-corrected chi connectivity index (χ0v) is 10.7. The molecule has 2 aromatic rings. The Morgan fingerprint density at radius 2 is 2.05 bits per heavy atom. The van der Waals surface area contributed by atoms with Gasteiger partial charge < -0.3 is 20.5 Å². The number of benzene rings is 1. The fourth-order valence-corrected chi connectivity index (χ4v) is 1.75. The predicted molar refractivity (Wildman–Crippen MR) is 71.0 cm³/mol. The van der Waals surface area contributed by atoms with Crippen molar-refractivity contribution in [1.82, 2.24) is 9.97 Å². The predicted octanol–water partition coefficient (Wildman–Crippen LogP) is 1.59. The van der Waals surface area contributed by atoms with Crippen molar-refractivity contribution < 1.29 is 9.90 Å². The SMILES string of the molecule is CNc1cc(Cl)nc(-c2ccccc2NC(=O)[O-])n1. The van der Waals surface area contributed by atoms with E-state index in [2.05, 4.69) is 20.6 Å². The Kier molecular flexibility index (Phi) is 3.82. The Bertz CT molecular complexity index is 618. The monoisotopic (exact) mass is 277 g/mol. The van der Waals surface area contributed by atoms with Gasteiger partial charge in [-0.25, -0.2) is 9.97 Å². The summed E-state index contributed by atoms with van der Waals surface area (Å²) in [6, 6.07) is 8.29. The van der Waals surface area contributed by atoms with Gasteiger partial charge in [-0.3, -0.25) is 0 Å². The molecule has 98 valence electrons. The molecule has 1 aromatic heterocycles. The maximum atomic E-state index is 10.6. The number of carboxylic acid groups (broad SMARTS) is 1.